The lowest BCUT2D eigenvalue weighted by Gasteiger charge is -2.42. The first-order valence-corrected chi connectivity index (χ1v) is 9.13. The smallest absolute Gasteiger partial charge is 0.253 e. The number of halogens is 2. The second-order valence-corrected chi connectivity index (χ2v) is 7.41. The van der Waals surface area contributed by atoms with Gasteiger partial charge >= 0.3 is 0 Å². The highest BCUT2D eigenvalue weighted by molar-refractivity contribution is 9.10. The lowest BCUT2D eigenvalue weighted by Crippen LogP contribution is -2.52. The number of carbonyl (C=O) groups is 1. The monoisotopic (exact) mass is 434 g/mol. The minimum Gasteiger partial charge on any atom is -0.383 e. The highest BCUT2D eigenvalue weighted by atomic mass is 79.9. The van der Waals surface area contributed by atoms with E-state index in [1.807, 2.05) is 53.4 Å². The molecular formula is C19H20BrClN4O. The SMILES string of the molecule is Cl.NC1=NC2(CCN(C(=O)c3ccc(Br)cc3)CC2)Nc2ccccc21. The van der Waals surface area contributed by atoms with Gasteiger partial charge in [0.1, 0.15) is 11.5 Å². The van der Waals surface area contributed by atoms with Gasteiger partial charge in [0.05, 0.1) is 0 Å². The summed E-state index contributed by atoms with van der Waals surface area (Å²) >= 11 is 3.40. The van der Waals surface area contributed by atoms with Crippen molar-refractivity contribution in [2.45, 2.75) is 18.5 Å². The molecule has 26 heavy (non-hydrogen) atoms. The summed E-state index contributed by atoms with van der Waals surface area (Å²) in [5, 5.41) is 3.54. The molecule has 2 aliphatic rings. The largest absolute Gasteiger partial charge is 0.383 e. The molecule has 2 heterocycles. The number of nitrogens with zero attached hydrogens (tertiary/aromatic N) is 2. The van der Waals surface area contributed by atoms with E-state index < -0.39 is 5.66 Å². The topological polar surface area (TPSA) is 70.7 Å². The Labute approximate surface area is 167 Å². The maximum absolute atomic E-state index is 12.7. The average molecular weight is 436 g/mol. The van der Waals surface area contributed by atoms with Crippen molar-refractivity contribution in [1.82, 2.24) is 4.90 Å². The zero-order chi connectivity index (χ0) is 17.4. The van der Waals surface area contributed by atoms with E-state index in [0.717, 1.165) is 28.6 Å². The van der Waals surface area contributed by atoms with Crippen LogP contribution in [0, 0.1) is 0 Å². The van der Waals surface area contributed by atoms with E-state index in [0.29, 0.717) is 24.5 Å². The van der Waals surface area contributed by atoms with Gasteiger partial charge in [-0.2, -0.15) is 0 Å². The van der Waals surface area contributed by atoms with Crippen molar-refractivity contribution >= 4 is 45.8 Å². The summed E-state index contributed by atoms with van der Waals surface area (Å²) < 4.78 is 0.969. The predicted molar refractivity (Wildman–Crippen MR) is 110 cm³/mol. The van der Waals surface area contributed by atoms with E-state index in [1.165, 1.54) is 0 Å². The fourth-order valence-electron chi connectivity index (χ4n) is 3.48. The molecule has 0 aromatic heterocycles. The van der Waals surface area contributed by atoms with Gasteiger partial charge in [-0.25, -0.2) is 4.99 Å². The summed E-state index contributed by atoms with van der Waals surface area (Å²) in [6, 6.07) is 15.4. The van der Waals surface area contributed by atoms with Crippen molar-refractivity contribution in [3.63, 3.8) is 0 Å². The van der Waals surface area contributed by atoms with Crippen LogP contribution in [-0.2, 0) is 0 Å². The van der Waals surface area contributed by atoms with Crippen LogP contribution >= 0.6 is 28.3 Å². The molecule has 7 heteroatoms. The number of para-hydroxylation sites is 1. The Balaban J connectivity index is 0.00000196. The third kappa shape index (κ3) is 3.44. The molecule has 0 aliphatic carbocycles. The number of fused-ring (bicyclic) bond motifs is 1. The number of rotatable bonds is 1. The molecule has 1 spiro atoms. The van der Waals surface area contributed by atoms with Gasteiger partial charge in [0.25, 0.3) is 5.91 Å². The molecule has 0 unspecified atom stereocenters. The fourth-order valence-corrected chi connectivity index (χ4v) is 3.74. The molecule has 136 valence electrons. The van der Waals surface area contributed by atoms with Crippen molar-refractivity contribution in [2.75, 3.05) is 18.4 Å². The van der Waals surface area contributed by atoms with Crippen LogP contribution in [0.15, 0.2) is 58.0 Å². The van der Waals surface area contributed by atoms with Crippen LogP contribution in [0.4, 0.5) is 5.69 Å². The fraction of sp³-hybridized carbons (Fsp3) is 0.263. The van der Waals surface area contributed by atoms with E-state index >= 15 is 0 Å². The number of anilines is 1. The highest BCUT2D eigenvalue weighted by Crippen LogP contribution is 2.34. The number of amides is 1. The molecule has 4 rings (SSSR count). The summed E-state index contributed by atoms with van der Waals surface area (Å²) in [5.41, 5.74) is 8.44. The van der Waals surface area contributed by atoms with E-state index in [1.54, 1.807) is 0 Å². The lowest BCUT2D eigenvalue weighted by molar-refractivity contribution is 0.0685. The lowest BCUT2D eigenvalue weighted by atomic mass is 9.93. The number of hydrogen-bond acceptors (Lipinski definition) is 4. The number of benzene rings is 2. The van der Waals surface area contributed by atoms with Crippen LogP contribution in [0.25, 0.3) is 0 Å². The molecule has 0 bridgehead atoms. The minimum atomic E-state index is -0.408. The molecule has 2 aromatic rings. The number of nitrogens with two attached hydrogens (primary N) is 1. The maximum atomic E-state index is 12.7. The van der Waals surface area contributed by atoms with Crippen molar-refractivity contribution in [3.8, 4) is 0 Å². The number of amidine groups is 1. The molecule has 0 atom stereocenters. The summed E-state index contributed by atoms with van der Waals surface area (Å²) in [6.45, 7) is 1.31. The van der Waals surface area contributed by atoms with E-state index in [4.69, 9.17) is 10.7 Å². The number of likely N-dealkylation sites (tertiary alicyclic amines) is 1. The molecule has 0 saturated carbocycles. The molecule has 2 aromatic carbocycles. The van der Waals surface area contributed by atoms with E-state index in [-0.39, 0.29) is 18.3 Å². The van der Waals surface area contributed by atoms with Crippen molar-refractivity contribution in [2.24, 2.45) is 10.7 Å². The van der Waals surface area contributed by atoms with Gasteiger partial charge in [0, 0.05) is 47.2 Å². The van der Waals surface area contributed by atoms with Gasteiger partial charge in [-0.15, -0.1) is 12.4 Å². The predicted octanol–water partition coefficient (Wildman–Crippen LogP) is 3.63. The first-order chi connectivity index (χ1) is 12.1. The zero-order valence-corrected chi connectivity index (χ0v) is 16.5. The number of piperidine rings is 1. The summed E-state index contributed by atoms with van der Waals surface area (Å²) in [7, 11) is 0. The first kappa shape index (κ1) is 18.7. The molecule has 0 radical (unpaired) electrons. The molecule has 3 N–H and O–H groups in total. The Hall–Kier alpha value is -2.05. The second-order valence-electron chi connectivity index (χ2n) is 6.50. The Bertz CT molecular complexity index is 845. The third-order valence-electron chi connectivity index (χ3n) is 4.87. The summed E-state index contributed by atoms with van der Waals surface area (Å²) in [5.74, 6) is 0.637. The molecule has 5 nitrogen and oxygen atoms in total. The first-order valence-electron chi connectivity index (χ1n) is 8.34. The van der Waals surface area contributed by atoms with Crippen LogP contribution in [0.2, 0.25) is 0 Å². The van der Waals surface area contributed by atoms with E-state index in [9.17, 15) is 4.79 Å². The van der Waals surface area contributed by atoms with Crippen LogP contribution in [-0.4, -0.2) is 35.4 Å². The quantitative estimate of drug-likeness (QED) is 0.718. The second kappa shape index (κ2) is 7.29. The molecule has 1 fully saturated rings. The number of nitrogens with one attached hydrogen (secondary N) is 1. The van der Waals surface area contributed by atoms with Gasteiger partial charge in [0.15, 0.2) is 0 Å². The average Bonchev–Trinajstić information content (AvgIpc) is 2.62. The van der Waals surface area contributed by atoms with Crippen molar-refractivity contribution in [1.29, 1.82) is 0 Å². The molecule has 2 aliphatic heterocycles. The van der Waals surface area contributed by atoms with E-state index in [2.05, 4.69) is 21.2 Å². The third-order valence-corrected chi connectivity index (χ3v) is 5.40. The Morgan fingerprint density at radius 3 is 2.46 bits per heavy atom. The van der Waals surface area contributed by atoms with Crippen molar-refractivity contribution in [3.05, 3.63) is 64.1 Å². The van der Waals surface area contributed by atoms with Gasteiger partial charge in [0.2, 0.25) is 0 Å². The van der Waals surface area contributed by atoms with Gasteiger partial charge in [-0.1, -0.05) is 28.1 Å². The van der Waals surface area contributed by atoms with Gasteiger partial charge < -0.3 is 16.0 Å². The normalized spacial score (nSPS) is 17.6. The molecule has 1 amide bonds. The molecular weight excluding hydrogens is 416 g/mol. The van der Waals surface area contributed by atoms with Crippen LogP contribution in [0.3, 0.4) is 0 Å². The van der Waals surface area contributed by atoms with Crippen LogP contribution in [0.1, 0.15) is 28.8 Å². The molecule has 1 saturated heterocycles. The number of carbonyl (C=O) groups excluding carboxylic acids is 1. The highest BCUT2D eigenvalue weighted by Gasteiger charge is 2.38. The summed E-state index contributed by atoms with van der Waals surface area (Å²) in [4.78, 5) is 19.3. The maximum Gasteiger partial charge on any atom is 0.253 e. The van der Waals surface area contributed by atoms with Gasteiger partial charge in [-0.05, 0) is 36.4 Å². The standard InChI is InChI=1S/C19H19BrN4O.ClH/c20-14-7-5-13(6-8-14)18(25)24-11-9-19(10-12-24)22-16-4-2-1-3-15(16)17(21)23-19;/h1-8,22H,9-12H2,(H2,21,23);1H. The Morgan fingerprint density at radius 1 is 1.12 bits per heavy atom. The Morgan fingerprint density at radius 2 is 1.77 bits per heavy atom. The minimum absolute atomic E-state index is 0. The Kier molecular flexibility index (Phi) is 5.25. The van der Waals surface area contributed by atoms with Gasteiger partial charge in [-0.3, -0.25) is 4.79 Å². The summed E-state index contributed by atoms with van der Waals surface area (Å²) in [6.07, 6.45) is 1.48. The van der Waals surface area contributed by atoms with Crippen molar-refractivity contribution < 1.29 is 4.79 Å². The number of hydrogen-bond donors (Lipinski definition) is 2. The van der Waals surface area contributed by atoms with Crippen LogP contribution in [0.5, 0.6) is 0 Å². The zero-order valence-electron chi connectivity index (χ0n) is 14.1. The number of aliphatic imine (C=N–C) groups is 1. The van der Waals surface area contributed by atoms with Crippen LogP contribution < -0.4 is 11.1 Å².